The molecular formula is C12H21N3O4. The zero-order valence-corrected chi connectivity index (χ0v) is 11.1. The van der Waals surface area contributed by atoms with E-state index in [9.17, 15) is 9.59 Å². The molecule has 1 aliphatic carbocycles. The van der Waals surface area contributed by atoms with Gasteiger partial charge in [-0.05, 0) is 19.4 Å². The van der Waals surface area contributed by atoms with Crippen molar-refractivity contribution in [3.05, 3.63) is 0 Å². The van der Waals surface area contributed by atoms with Gasteiger partial charge in [-0.2, -0.15) is 0 Å². The van der Waals surface area contributed by atoms with Gasteiger partial charge in [0.05, 0.1) is 12.7 Å². The number of nitrogens with one attached hydrogen (secondary N) is 2. The molecule has 2 amide bonds. The molecular weight excluding hydrogens is 250 g/mol. The monoisotopic (exact) mass is 271 g/mol. The number of ether oxygens (including phenoxy) is 1. The number of aliphatic carboxylic acids is 1. The summed E-state index contributed by atoms with van der Waals surface area (Å²) in [6.45, 7) is 5.83. The molecule has 3 N–H and O–H groups in total. The van der Waals surface area contributed by atoms with Gasteiger partial charge in [0.1, 0.15) is 5.54 Å². The second-order valence-electron chi connectivity index (χ2n) is 5.11. The van der Waals surface area contributed by atoms with Crippen molar-refractivity contribution in [1.29, 1.82) is 0 Å². The number of morpholine rings is 1. The number of carboxylic acids is 1. The second kappa shape index (κ2) is 5.75. The first kappa shape index (κ1) is 14.1. The standard InChI is InChI=1S/C12H21N3O4/c1-2-15-5-6-19-9(8-15)7-13-11(18)14-12(3-4-12)10(16)17/h9H,2-8H2,1H3,(H,16,17)(H2,13,14,18). The summed E-state index contributed by atoms with van der Waals surface area (Å²) in [5, 5.41) is 14.2. The molecule has 1 atom stereocenters. The summed E-state index contributed by atoms with van der Waals surface area (Å²) in [7, 11) is 0. The van der Waals surface area contributed by atoms with Crippen molar-refractivity contribution in [2.24, 2.45) is 0 Å². The number of nitrogens with zero attached hydrogens (tertiary/aromatic N) is 1. The lowest BCUT2D eigenvalue weighted by molar-refractivity contribution is -0.140. The van der Waals surface area contributed by atoms with E-state index in [2.05, 4.69) is 22.5 Å². The van der Waals surface area contributed by atoms with Crippen molar-refractivity contribution in [2.75, 3.05) is 32.8 Å². The largest absolute Gasteiger partial charge is 0.480 e. The molecule has 2 aliphatic rings. The van der Waals surface area contributed by atoms with Gasteiger partial charge >= 0.3 is 12.0 Å². The first-order chi connectivity index (χ1) is 9.05. The van der Waals surface area contributed by atoms with Crippen LogP contribution in [-0.4, -0.2) is 66.4 Å². The Balaban J connectivity index is 1.70. The molecule has 1 unspecified atom stereocenters. The maximum Gasteiger partial charge on any atom is 0.329 e. The van der Waals surface area contributed by atoms with Crippen LogP contribution in [0.1, 0.15) is 19.8 Å². The highest BCUT2D eigenvalue weighted by Gasteiger charge is 2.51. The van der Waals surface area contributed by atoms with E-state index in [-0.39, 0.29) is 6.10 Å². The Morgan fingerprint density at radius 3 is 2.79 bits per heavy atom. The molecule has 7 nitrogen and oxygen atoms in total. The summed E-state index contributed by atoms with van der Waals surface area (Å²) < 4.78 is 5.55. The van der Waals surface area contributed by atoms with Gasteiger partial charge in [0.25, 0.3) is 0 Å². The summed E-state index contributed by atoms with van der Waals surface area (Å²) in [4.78, 5) is 24.8. The Kier molecular flexibility index (Phi) is 4.26. The number of carbonyl (C=O) groups is 2. The van der Waals surface area contributed by atoms with Crippen LogP contribution < -0.4 is 10.6 Å². The van der Waals surface area contributed by atoms with Crippen LogP contribution >= 0.6 is 0 Å². The fourth-order valence-corrected chi connectivity index (χ4v) is 2.18. The van der Waals surface area contributed by atoms with Gasteiger partial charge in [-0.3, -0.25) is 4.90 Å². The maximum absolute atomic E-state index is 11.6. The molecule has 2 rings (SSSR count). The molecule has 7 heteroatoms. The van der Waals surface area contributed by atoms with Crippen LogP contribution in [0.5, 0.6) is 0 Å². The average molecular weight is 271 g/mol. The smallest absolute Gasteiger partial charge is 0.329 e. The van der Waals surface area contributed by atoms with Crippen molar-refractivity contribution < 1.29 is 19.4 Å². The quantitative estimate of drug-likeness (QED) is 0.634. The fourth-order valence-electron chi connectivity index (χ4n) is 2.18. The van der Waals surface area contributed by atoms with Crippen molar-refractivity contribution in [2.45, 2.75) is 31.4 Å². The van der Waals surface area contributed by atoms with Crippen molar-refractivity contribution in [1.82, 2.24) is 15.5 Å². The number of hydrogen-bond donors (Lipinski definition) is 3. The van der Waals surface area contributed by atoms with Crippen molar-refractivity contribution in [3.8, 4) is 0 Å². The summed E-state index contributed by atoms with van der Waals surface area (Å²) in [6.07, 6.45) is 0.970. The predicted octanol–water partition coefficient (Wildman–Crippen LogP) is -0.376. The van der Waals surface area contributed by atoms with Crippen LogP contribution in [0.15, 0.2) is 0 Å². The molecule has 0 spiro atoms. The lowest BCUT2D eigenvalue weighted by Crippen LogP contribution is -2.52. The third kappa shape index (κ3) is 3.57. The van der Waals surface area contributed by atoms with E-state index < -0.39 is 17.5 Å². The summed E-state index contributed by atoms with van der Waals surface area (Å²) in [5.74, 6) is -0.964. The van der Waals surface area contributed by atoms with Gasteiger partial charge < -0.3 is 20.5 Å². The van der Waals surface area contributed by atoms with E-state index in [4.69, 9.17) is 9.84 Å². The number of carboxylic acid groups (broad SMARTS) is 1. The van der Waals surface area contributed by atoms with Crippen molar-refractivity contribution in [3.63, 3.8) is 0 Å². The molecule has 19 heavy (non-hydrogen) atoms. The zero-order valence-electron chi connectivity index (χ0n) is 11.1. The van der Waals surface area contributed by atoms with Crippen LogP contribution in [-0.2, 0) is 9.53 Å². The number of amides is 2. The summed E-state index contributed by atoms with van der Waals surface area (Å²) in [6, 6.07) is -0.433. The molecule has 0 bridgehead atoms. The average Bonchev–Trinajstić information content (AvgIpc) is 3.17. The van der Waals surface area contributed by atoms with E-state index >= 15 is 0 Å². The topological polar surface area (TPSA) is 90.9 Å². The van der Waals surface area contributed by atoms with E-state index in [1.165, 1.54) is 0 Å². The van der Waals surface area contributed by atoms with E-state index in [1.807, 2.05) is 0 Å². The number of carbonyl (C=O) groups excluding carboxylic acids is 1. The van der Waals surface area contributed by atoms with Gasteiger partial charge in [-0.25, -0.2) is 9.59 Å². The maximum atomic E-state index is 11.6. The summed E-state index contributed by atoms with van der Waals surface area (Å²) in [5.41, 5.74) is -1.03. The third-order valence-electron chi connectivity index (χ3n) is 3.67. The second-order valence-corrected chi connectivity index (χ2v) is 5.11. The Morgan fingerprint density at radius 1 is 1.47 bits per heavy atom. The molecule has 0 aromatic heterocycles. The molecule has 0 aromatic carbocycles. The number of rotatable bonds is 5. The number of urea groups is 1. The Bertz CT molecular complexity index is 357. The third-order valence-corrected chi connectivity index (χ3v) is 3.67. The van der Waals surface area contributed by atoms with Crippen LogP contribution in [0.4, 0.5) is 4.79 Å². The molecule has 0 radical (unpaired) electrons. The van der Waals surface area contributed by atoms with E-state index in [0.29, 0.717) is 26.0 Å². The minimum atomic E-state index is -1.03. The van der Waals surface area contributed by atoms with E-state index in [0.717, 1.165) is 19.6 Å². The lowest BCUT2D eigenvalue weighted by atomic mass is 10.2. The molecule has 1 heterocycles. The molecule has 0 aromatic rings. The minimum Gasteiger partial charge on any atom is -0.480 e. The number of likely N-dealkylation sites (N-methyl/N-ethyl adjacent to an activating group) is 1. The van der Waals surface area contributed by atoms with Crippen LogP contribution in [0.3, 0.4) is 0 Å². The van der Waals surface area contributed by atoms with Gasteiger partial charge in [-0.15, -0.1) is 0 Å². The lowest BCUT2D eigenvalue weighted by Gasteiger charge is -2.32. The highest BCUT2D eigenvalue weighted by molar-refractivity contribution is 5.88. The van der Waals surface area contributed by atoms with Crippen molar-refractivity contribution >= 4 is 12.0 Å². The highest BCUT2D eigenvalue weighted by atomic mass is 16.5. The van der Waals surface area contributed by atoms with Crippen LogP contribution in [0.25, 0.3) is 0 Å². The Labute approximate surface area is 112 Å². The zero-order chi connectivity index (χ0) is 13.9. The summed E-state index contributed by atoms with van der Waals surface area (Å²) >= 11 is 0. The first-order valence-corrected chi connectivity index (χ1v) is 6.69. The molecule has 1 saturated carbocycles. The molecule has 1 saturated heterocycles. The van der Waals surface area contributed by atoms with Crippen LogP contribution in [0.2, 0.25) is 0 Å². The van der Waals surface area contributed by atoms with Gasteiger partial charge in [0.15, 0.2) is 0 Å². The molecule has 1 aliphatic heterocycles. The van der Waals surface area contributed by atoms with Gasteiger partial charge in [0.2, 0.25) is 0 Å². The predicted molar refractivity (Wildman–Crippen MR) is 68.0 cm³/mol. The van der Waals surface area contributed by atoms with Gasteiger partial charge in [-0.1, -0.05) is 6.92 Å². The normalized spacial score (nSPS) is 25.6. The first-order valence-electron chi connectivity index (χ1n) is 6.69. The molecule has 108 valence electrons. The number of hydrogen-bond acceptors (Lipinski definition) is 4. The van der Waals surface area contributed by atoms with Gasteiger partial charge in [0, 0.05) is 19.6 Å². The minimum absolute atomic E-state index is 0.0283. The Hall–Kier alpha value is -1.34. The highest BCUT2D eigenvalue weighted by Crippen LogP contribution is 2.35. The Morgan fingerprint density at radius 2 is 2.21 bits per heavy atom. The SMILES string of the molecule is CCN1CCOC(CNC(=O)NC2(C(=O)O)CC2)C1. The fraction of sp³-hybridized carbons (Fsp3) is 0.833. The van der Waals surface area contributed by atoms with E-state index in [1.54, 1.807) is 0 Å². The van der Waals surface area contributed by atoms with Crippen LogP contribution in [0, 0.1) is 0 Å². The molecule has 2 fully saturated rings.